The molecule has 2 N–H and O–H groups in total. The quantitative estimate of drug-likeness (QED) is 0.814. The van der Waals surface area contributed by atoms with E-state index in [1.54, 1.807) is 0 Å². The fourth-order valence-electron chi connectivity index (χ4n) is 1.66. The van der Waals surface area contributed by atoms with Crippen molar-refractivity contribution >= 4 is 29.1 Å². The molecule has 19 heavy (non-hydrogen) atoms. The number of amides is 2. The molecule has 0 radical (unpaired) electrons. The smallest absolute Gasteiger partial charge is 0.277 e. The van der Waals surface area contributed by atoms with Gasteiger partial charge in [-0.2, -0.15) is 0 Å². The molecule has 2 amide bonds. The third kappa shape index (κ3) is 2.59. The van der Waals surface area contributed by atoms with Crippen LogP contribution in [0.3, 0.4) is 0 Å². The van der Waals surface area contributed by atoms with Gasteiger partial charge < -0.3 is 10.4 Å². The maximum absolute atomic E-state index is 13.5. The van der Waals surface area contributed by atoms with Crippen LogP contribution in [0.25, 0.3) is 0 Å². The summed E-state index contributed by atoms with van der Waals surface area (Å²) in [6, 6.07) is 4.07. The molecule has 0 saturated heterocycles. The summed E-state index contributed by atoms with van der Waals surface area (Å²) >= 11 is 5.81. The van der Waals surface area contributed by atoms with Gasteiger partial charge in [-0.25, -0.2) is 4.39 Å². The Bertz CT molecular complexity index is 554. The highest BCUT2D eigenvalue weighted by Gasteiger charge is 2.31. The summed E-state index contributed by atoms with van der Waals surface area (Å²) in [6.07, 6.45) is 1.04. The molecule has 1 aromatic carbocycles. The molecule has 2 rings (SSSR count). The highest BCUT2D eigenvalue weighted by molar-refractivity contribution is 6.33. The second-order valence-corrected chi connectivity index (χ2v) is 4.21. The van der Waals surface area contributed by atoms with E-state index in [1.807, 2.05) is 0 Å². The number of hydrogen-bond donors (Lipinski definition) is 2. The predicted molar refractivity (Wildman–Crippen MR) is 66.9 cm³/mol. The lowest BCUT2D eigenvalue weighted by molar-refractivity contribution is -0.137. The van der Waals surface area contributed by atoms with Gasteiger partial charge in [0, 0.05) is 6.08 Å². The SMILES string of the molecule is O=C1C=C(Nc2c(F)cccc2Cl)C(=O)N1CCO. The third-order valence-corrected chi connectivity index (χ3v) is 2.87. The Hall–Kier alpha value is -1.92. The normalized spacial score (nSPS) is 14.9. The zero-order chi connectivity index (χ0) is 14.0. The molecule has 0 unspecified atom stereocenters. The number of carbonyl (C=O) groups excluding carboxylic acids is 2. The van der Waals surface area contributed by atoms with E-state index in [1.165, 1.54) is 18.2 Å². The molecular formula is C12H10ClFN2O3. The van der Waals surface area contributed by atoms with Crippen molar-refractivity contribution in [1.29, 1.82) is 0 Å². The molecule has 1 aliphatic heterocycles. The average Bonchev–Trinajstić information content (AvgIpc) is 2.62. The first kappa shape index (κ1) is 13.5. The number of anilines is 1. The van der Waals surface area contributed by atoms with Gasteiger partial charge in [-0.05, 0) is 12.1 Å². The summed E-state index contributed by atoms with van der Waals surface area (Å²) in [5, 5.41) is 11.4. The number of benzene rings is 1. The van der Waals surface area contributed by atoms with Gasteiger partial charge >= 0.3 is 0 Å². The summed E-state index contributed by atoms with van der Waals surface area (Å²) in [4.78, 5) is 24.2. The lowest BCUT2D eigenvalue weighted by Crippen LogP contribution is -2.34. The van der Waals surface area contributed by atoms with Crippen molar-refractivity contribution in [2.24, 2.45) is 0 Å². The standard InChI is InChI=1S/C12H10ClFN2O3/c13-7-2-1-3-8(14)11(7)15-9-6-10(18)16(4-5-17)12(9)19/h1-3,6,15,17H,4-5H2. The molecule has 0 fully saturated rings. The van der Waals surface area contributed by atoms with Crippen LogP contribution in [0.5, 0.6) is 0 Å². The third-order valence-electron chi connectivity index (χ3n) is 2.56. The number of carbonyl (C=O) groups is 2. The van der Waals surface area contributed by atoms with Crippen LogP contribution in [0.4, 0.5) is 10.1 Å². The van der Waals surface area contributed by atoms with Crippen LogP contribution in [0.1, 0.15) is 0 Å². The van der Waals surface area contributed by atoms with E-state index < -0.39 is 17.6 Å². The summed E-state index contributed by atoms with van der Waals surface area (Å²) < 4.78 is 13.5. The van der Waals surface area contributed by atoms with Crippen molar-refractivity contribution in [3.8, 4) is 0 Å². The van der Waals surface area contributed by atoms with Gasteiger partial charge in [0.2, 0.25) is 0 Å². The molecule has 0 spiro atoms. The monoisotopic (exact) mass is 284 g/mol. The number of aliphatic hydroxyl groups is 1. The van der Waals surface area contributed by atoms with Crippen LogP contribution in [-0.4, -0.2) is 35.0 Å². The van der Waals surface area contributed by atoms with E-state index in [4.69, 9.17) is 16.7 Å². The Balaban J connectivity index is 2.23. The molecule has 1 aromatic rings. The summed E-state index contributed by atoms with van der Waals surface area (Å²) in [5.41, 5.74) is -0.145. The minimum atomic E-state index is -0.630. The molecule has 0 aliphatic carbocycles. The lowest BCUT2D eigenvalue weighted by atomic mass is 10.3. The van der Waals surface area contributed by atoms with Gasteiger partial charge in [0.25, 0.3) is 11.8 Å². The molecule has 0 bridgehead atoms. The number of nitrogens with zero attached hydrogens (tertiary/aromatic N) is 1. The number of halogens is 2. The van der Waals surface area contributed by atoms with Gasteiger partial charge in [-0.1, -0.05) is 17.7 Å². The number of β-amino-alcohol motifs (C(OH)–C–C–N with tert-alkyl or cyclic N) is 1. The zero-order valence-electron chi connectivity index (χ0n) is 9.69. The lowest BCUT2D eigenvalue weighted by Gasteiger charge is -2.14. The van der Waals surface area contributed by atoms with Crippen LogP contribution in [0, 0.1) is 5.82 Å². The number of imide groups is 1. The van der Waals surface area contributed by atoms with Crippen LogP contribution in [0.2, 0.25) is 5.02 Å². The molecule has 0 atom stereocenters. The van der Waals surface area contributed by atoms with E-state index in [-0.39, 0.29) is 29.6 Å². The Morgan fingerprint density at radius 2 is 2.11 bits per heavy atom. The van der Waals surface area contributed by atoms with Gasteiger partial charge in [-0.3, -0.25) is 14.5 Å². The van der Waals surface area contributed by atoms with Crippen LogP contribution in [0.15, 0.2) is 30.0 Å². The van der Waals surface area contributed by atoms with Crippen molar-refractivity contribution in [2.75, 3.05) is 18.5 Å². The van der Waals surface area contributed by atoms with E-state index in [2.05, 4.69) is 5.32 Å². The summed E-state index contributed by atoms with van der Waals surface area (Å²) in [7, 11) is 0. The maximum atomic E-state index is 13.5. The first-order valence-electron chi connectivity index (χ1n) is 5.44. The molecular weight excluding hydrogens is 275 g/mol. The van der Waals surface area contributed by atoms with Gasteiger partial charge in [-0.15, -0.1) is 0 Å². The Kier molecular flexibility index (Phi) is 3.82. The van der Waals surface area contributed by atoms with Crippen LogP contribution >= 0.6 is 11.6 Å². The number of aliphatic hydroxyl groups excluding tert-OH is 1. The van der Waals surface area contributed by atoms with E-state index in [0.29, 0.717) is 0 Å². The summed E-state index contributed by atoms with van der Waals surface area (Å²) in [5.74, 6) is -1.82. The Labute approximate surface area is 113 Å². The highest BCUT2D eigenvalue weighted by Crippen LogP contribution is 2.27. The van der Waals surface area contributed by atoms with Gasteiger partial charge in [0.15, 0.2) is 0 Å². The molecule has 1 aliphatic rings. The van der Waals surface area contributed by atoms with Gasteiger partial charge in [0.05, 0.1) is 23.9 Å². The molecule has 7 heteroatoms. The first-order chi connectivity index (χ1) is 9.04. The largest absolute Gasteiger partial charge is 0.395 e. The molecule has 1 heterocycles. The topological polar surface area (TPSA) is 69.6 Å². The second kappa shape index (κ2) is 5.38. The second-order valence-electron chi connectivity index (χ2n) is 3.80. The number of hydrogen-bond acceptors (Lipinski definition) is 4. The Morgan fingerprint density at radius 3 is 2.74 bits per heavy atom. The van der Waals surface area contributed by atoms with Crippen molar-refractivity contribution in [3.05, 3.63) is 40.8 Å². The first-order valence-corrected chi connectivity index (χ1v) is 5.82. The van der Waals surface area contributed by atoms with Crippen LogP contribution < -0.4 is 5.32 Å². The number of rotatable bonds is 4. The van der Waals surface area contributed by atoms with Crippen molar-refractivity contribution in [3.63, 3.8) is 0 Å². The predicted octanol–water partition coefficient (Wildman–Crippen LogP) is 1.14. The molecule has 0 aromatic heterocycles. The van der Waals surface area contributed by atoms with E-state index in [9.17, 15) is 14.0 Å². The average molecular weight is 285 g/mol. The van der Waals surface area contributed by atoms with E-state index in [0.717, 1.165) is 11.0 Å². The molecule has 0 saturated carbocycles. The van der Waals surface area contributed by atoms with Crippen molar-refractivity contribution < 1.29 is 19.1 Å². The van der Waals surface area contributed by atoms with Crippen molar-refractivity contribution in [1.82, 2.24) is 4.90 Å². The number of nitrogens with one attached hydrogen (secondary N) is 1. The van der Waals surface area contributed by atoms with Gasteiger partial charge in [0.1, 0.15) is 11.5 Å². The fourth-order valence-corrected chi connectivity index (χ4v) is 1.87. The van der Waals surface area contributed by atoms with E-state index >= 15 is 0 Å². The Morgan fingerprint density at radius 1 is 1.37 bits per heavy atom. The maximum Gasteiger partial charge on any atom is 0.277 e. The van der Waals surface area contributed by atoms with Crippen molar-refractivity contribution in [2.45, 2.75) is 0 Å². The molecule has 5 nitrogen and oxygen atoms in total. The number of para-hydroxylation sites is 1. The highest BCUT2D eigenvalue weighted by atomic mass is 35.5. The summed E-state index contributed by atoms with van der Waals surface area (Å²) in [6.45, 7) is -0.441. The van der Waals surface area contributed by atoms with Crippen LogP contribution in [-0.2, 0) is 9.59 Å². The minimum Gasteiger partial charge on any atom is -0.395 e. The fraction of sp³-hybridized carbons (Fsp3) is 0.167. The minimum absolute atomic E-state index is 0.0672. The zero-order valence-corrected chi connectivity index (χ0v) is 10.4. The molecule has 100 valence electrons.